The summed E-state index contributed by atoms with van der Waals surface area (Å²) in [6.07, 6.45) is 3.37. The Labute approximate surface area is 166 Å². The Kier molecular flexibility index (Phi) is 14.1. The number of halogens is 1. The van der Waals surface area contributed by atoms with Crippen molar-refractivity contribution in [1.82, 2.24) is 15.5 Å². The van der Waals surface area contributed by atoms with Crippen LogP contribution in [0.2, 0.25) is 0 Å². The summed E-state index contributed by atoms with van der Waals surface area (Å²) in [4.78, 5) is 7.23. The largest absolute Gasteiger partial charge is 0.381 e. The van der Waals surface area contributed by atoms with E-state index in [1.807, 2.05) is 0 Å². The van der Waals surface area contributed by atoms with Crippen LogP contribution >= 0.6 is 24.0 Å². The molecule has 0 aromatic rings. The molecular formula is C18H39IN4O. The van der Waals surface area contributed by atoms with Crippen molar-refractivity contribution in [2.75, 3.05) is 39.4 Å². The maximum Gasteiger partial charge on any atom is 0.191 e. The molecule has 1 fully saturated rings. The van der Waals surface area contributed by atoms with Gasteiger partial charge in [-0.15, -0.1) is 24.0 Å². The highest BCUT2D eigenvalue weighted by Gasteiger charge is 2.21. The highest BCUT2D eigenvalue weighted by molar-refractivity contribution is 14.0. The minimum atomic E-state index is 0. The van der Waals surface area contributed by atoms with E-state index in [1.54, 1.807) is 0 Å². The third-order valence-electron chi connectivity index (χ3n) is 4.11. The number of piperidine rings is 1. The van der Waals surface area contributed by atoms with Crippen LogP contribution in [-0.4, -0.2) is 62.3 Å². The van der Waals surface area contributed by atoms with Crippen molar-refractivity contribution in [3.8, 4) is 0 Å². The molecule has 24 heavy (non-hydrogen) atoms. The van der Waals surface area contributed by atoms with E-state index < -0.39 is 0 Å². The first kappa shape index (κ1) is 23.9. The summed E-state index contributed by atoms with van der Waals surface area (Å²) in [5, 5.41) is 6.95. The second-order valence-corrected chi connectivity index (χ2v) is 7.13. The molecule has 0 unspecified atom stereocenters. The summed E-state index contributed by atoms with van der Waals surface area (Å²) in [7, 11) is 0. The fourth-order valence-corrected chi connectivity index (χ4v) is 2.75. The van der Waals surface area contributed by atoms with Crippen LogP contribution in [0.4, 0.5) is 0 Å². The first-order valence-electron chi connectivity index (χ1n) is 9.39. The van der Waals surface area contributed by atoms with Gasteiger partial charge >= 0.3 is 0 Å². The molecule has 0 atom stereocenters. The molecule has 144 valence electrons. The van der Waals surface area contributed by atoms with Gasteiger partial charge in [0.2, 0.25) is 0 Å². The van der Waals surface area contributed by atoms with E-state index in [0.717, 1.165) is 38.7 Å². The molecule has 1 aliphatic rings. The van der Waals surface area contributed by atoms with Gasteiger partial charge in [0, 0.05) is 51.5 Å². The molecule has 0 amide bonds. The van der Waals surface area contributed by atoms with Crippen molar-refractivity contribution in [1.29, 1.82) is 0 Å². The van der Waals surface area contributed by atoms with Crippen molar-refractivity contribution in [2.45, 2.75) is 66.0 Å². The normalized spacial score (nSPS) is 17.2. The minimum absolute atomic E-state index is 0. The lowest BCUT2D eigenvalue weighted by atomic mass is 10.0. The second-order valence-electron chi connectivity index (χ2n) is 7.13. The van der Waals surface area contributed by atoms with Gasteiger partial charge in [0.1, 0.15) is 0 Å². The zero-order chi connectivity index (χ0) is 17.1. The topological polar surface area (TPSA) is 48.9 Å². The lowest BCUT2D eigenvalue weighted by Crippen LogP contribution is -2.49. The van der Waals surface area contributed by atoms with Crippen molar-refractivity contribution in [3.05, 3.63) is 0 Å². The van der Waals surface area contributed by atoms with Gasteiger partial charge in [-0.25, -0.2) is 0 Å². The third-order valence-corrected chi connectivity index (χ3v) is 4.11. The van der Waals surface area contributed by atoms with Gasteiger partial charge in [0.05, 0.1) is 0 Å². The number of nitrogens with one attached hydrogen (secondary N) is 2. The highest BCUT2D eigenvalue weighted by Crippen LogP contribution is 2.12. The van der Waals surface area contributed by atoms with Gasteiger partial charge in [-0.3, -0.25) is 4.99 Å². The standard InChI is InChI=1S/C18H38N4O.HI/c1-6-19-18(20-10-7-13-23-14-15(2)3)21-17-8-11-22(12-9-17)16(4)5;/h15-17H,6-14H2,1-5H3,(H2,19,20,21);1H. The van der Waals surface area contributed by atoms with Crippen LogP contribution in [-0.2, 0) is 4.74 Å². The van der Waals surface area contributed by atoms with Crippen LogP contribution in [0, 0.1) is 5.92 Å². The summed E-state index contributed by atoms with van der Waals surface area (Å²) >= 11 is 0. The Bertz CT molecular complexity index is 329. The van der Waals surface area contributed by atoms with E-state index in [0.29, 0.717) is 18.0 Å². The average Bonchev–Trinajstić information content (AvgIpc) is 2.51. The van der Waals surface area contributed by atoms with Gasteiger partial charge in [-0.2, -0.15) is 0 Å². The van der Waals surface area contributed by atoms with Crippen molar-refractivity contribution in [3.63, 3.8) is 0 Å². The lowest BCUT2D eigenvalue weighted by molar-refractivity contribution is 0.109. The molecule has 2 N–H and O–H groups in total. The van der Waals surface area contributed by atoms with E-state index in [-0.39, 0.29) is 24.0 Å². The van der Waals surface area contributed by atoms with Crippen LogP contribution in [0.5, 0.6) is 0 Å². The number of guanidine groups is 1. The molecule has 0 aromatic heterocycles. The number of hydrogen-bond donors (Lipinski definition) is 2. The van der Waals surface area contributed by atoms with Gasteiger partial charge in [0.25, 0.3) is 0 Å². The van der Waals surface area contributed by atoms with E-state index >= 15 is 0 Å². The summed E-state index contributed by atoms with van der Waals surface area (Å²) in [5.41, 5.74) is 0. The molecule has 5 nitrogen and oxygen atoms in total. The molecule has 0 aromatic carbocycles. The third kappa shape index (κ3) is 10.7. The molecule has 1 rings (SSSR count). The Morgan fingerprint density at radius 2 is 1.88 bits per heavy atom. The molecule has 0 radical (unpaired) electrons. The Morgan fingerprint density at radius 1 is 1.21 bits per heavy atom. The molecule has 0 aliphatic carbocycles. The Morgan fingerprint density at radius 3 is 2.42 bits per heavy atom. The van der Waals surface area contributed by atoms with E-state index in [2.05, 4.69) is 55.1 Å². The highest BCUT2D eigenvalue weighted by atomic mass is 127. The van der Waals surface area contributed by atoms with E-state index in [1.165, 1.54) is 25.9 Å². The number of ether oxygens (including phenoxy) is 1. The van der Waals surface area contributed by atoms with Crippen LogP contribution in [0.25, 0.3) is 0 Å². The number of hydrogen-bond acceptors (Lipinski definition) is 3. The molecule has 0 spiro atoms. The predicted octanol–water partition coefficient (Wildman–Crippen LogP) is 3.10. The van der Waals surface area contributed by atoms with Crippen molar-refractivity contribution in [2.24, 2.45) is 10.9 Å². The van der Waals surface area contributed by atoms with Gasteiger partial charge < -0.3 is 20.3 Å². The number of likely N-dealkylation sites (tertiary alicyclic amines) is 1. The zero-order valence-corrected chi connectivity index (χ0v) is 18.6. The van der Waals surface area contributed by atoms with Crippen LogP contribution in [0.1, 0.15) is 53.9 Å². The molecule has 1 heterocycles. The Balaban J connectivity index is 0.00000529. The Hall–Kier alpha value is -0.0800. The monoisotopic (exact) mass is 454 g/mol. The summed E-state index contributed by atoms with van der Waals surface area (Å²) < 4.78 is 5.61. The van der Waals surface area contributed by atoms with Crippen LogP contribution < -0.4 is 10.6 Å². The maximum atomic E-state index is 5.61. The first-order chi connectivity index (χ1) is 11.0. The van der Waals surface area contributed by atoms with E-state index in [4.69, 9.17) is 4.74 Å². The van der Waals surface area contributed by atoms with Gasteiger partial charge in [0.15, 0.2) is 5.96 Å². The second kappa shape index (κ2) is 14.1. The molecule has 0 bridgehead atoms. The quantitative estimate of drug-likeness (QED) is 0.243. The van der Waals surface area contributed by atoms with Gasteiger partial charge in [-0.1, -0.05) is 13.8 Å². The van der Waals surface area contributed by atoms with Crippen molar-refractivity contribution < 1.29 is 4.74 Å². The zero-order valence-electron chi connectivity index (χ0n) is 16.3. The average molecular weight is 454 g/mol. The smallest absolute Gasteiger partial charge is 0.191 e. The van der Waals surface area contributed by atoms with Gasteiger partial charge in [-0.05, 0) is 46.0 Å². The number of nitrogens with zero attached hydrogens (tertiary/aromatic N) is 2. The first-order valence-corrected chi connectivity index (χ1v) is 9.39. The summed E-state index contributed by atoms with van der Waals surface area (Å²) in [6.45, 7) is 16.7. The number of aliphatic imine (C=N–C) groups is 1. The predicted molar refractivity (Wildman–Crippen MR) is 115 cm³/mol. The minimum Gasteiger partial charge on any atom is -0.381 e. The molecule has 0 saturated carbocycles. The molecule has 1 aliphatic heterocycles. The summed E-state index contributed by atoms with van der Waals surface area (Å²) in [5.74, 6) is 1.56. The van der Waals surface area contributed by atoms with E-state index in [9.17, 15) is 0 Å². The fraction of sp³-hybridized carbons (Fsp3) is 0.944. The lowest BCUT2D eigenvalue weighted by Gasteiger charge is -2.35. The maximum absolute atomic E-state index is 5.61. The summed E-state index contributed by atoms with van der Waals surface area (Å²) in [6, 6.07) is 1.20. The van der Waals surface area contributed by atoms with Crippen LogP contribution in [0.15, 0.2) is 4.99 Å². The fourth-order valence-electron chi connectivity index (χ4n) is 2.75. The molecular weight excluding hydrogens is 415 g/mol. The molecule has 6 heteroatoms. The van der Waals surface area contributed by atoms with Crippen LogP contribution in [0.3, 0.4) is 0 Å². The molecule has 1 saturated heterocycles. The SMILES string of the molecule is CCNC(=NCCCOCC(C)C)NC1CCN(C(C)C)CC1.I. The van der Waals surface area contributed by atoms with Crippen molar-refractivity contribution >= 4 is 29.9 Å². The number of rotatable bonds is 9.